The normalized spacial score (nSPS) is 10.1. The Labute approximate surface area is 108 Å². The van der Waals surface area contributed by atoms with Crippen LogP contribution in [0.1, 0.15) is 25.2 Å². The van der Waals surface area contributed by atoms with Crippen molar-refractivity contribution in [2.45, 2.75) is 26.2 Å². The number of ether oxygens (including phenoxy) is 2. The lowest BCUT2D eigenvalue weighted by Crippen LogP contribution is -3.00. The molecular formula is C11H18INO2. The number of aryl methyl sites for hydroxylation is 1. The molecule has 0 saturated heterocycles. The van der Waals surface area contributed by atoms with E-state index in [-0.39, 0.29) is 30.3 Å². The van der Waals surface area contributed by atoms with Crippen LogP contribution in [0.3, 0.4) is 0 Å². The highest BCUT2D eigenvalue weighted by atomic mass is 127. The topological polar surface area (TPSA) is 22.3 Å². The number of pyridine rings is 1. The van der Waals surface area contributed by atoms with E-state index in [0.717, 1.165) is 18.5 Å². The van der Waals surface area contributed by atoms with E-state index in [4.69, 9.17) is 9.47 Å². The smallest absolute Gasteiger partial charge is 0.188 e. The molecule has 0 aliphatic rings. The molecule has 0 radical (unpaired) electrons. The molecule has 1 aromatic heterocycles. The third kappa shape index (κ3) is 4.44. The molecule has 4 heteroatoms. The van der Waals surface area contributed by atoms with Gasteiger partial charge in [-0.25, -0.2) is 4.57 Å². The second-order valence-corrected chi connectivity index (χ2v) is 3.18. The van der Waals surface area contributed by atoms with Crippen LogP contribution in [-0.2, 0) is 16.0 Å². The Morgan fingerprint density at radius 1 is 1.33 bits per heavy atom. The van der Waals surface area contributed by atoms with Crippen LogP contribution in [0.2, 0.25) is 0 Å². The van der Waals surface area contributed by atoms with E-state index in [1.165, 1.54) is 0 Å². The molecule has 3 nitrogen and oxygen atoms in total. The van der Waals surface area contributed by atoms with Crippen LogP contribution in [0.5, 0.6) is 0 Å². The van der Waals surface area contributed by atoms with Gasteiger partial charge in [0.2, 0.25) is 0 Å². The average molecular weight is 323 g/mol. The van der Waals surface area contributed by atoms with Gasteiger partial charge in [-0.15, -0.1) is 0 Å². The highest BCUT2D eigenvalue weighted by molar-refractivity contribution is 5.06. The van der Waals surface area contributed by atoms with Gasteiger partial charge in [-0.2, -0.15) is 0 Å². The lowest BCUT2D eigenvalue weighted by Gasteiger charge is -2.11. The van der Waals surface area contributed by atoms with Crippen LogP contribution in [-0.4, -0.2) is 14.2 Å². The molecule has 0 aliphatic carbocycles. The quantitative estimate of drug-likeness (QED) is 0.381. The van der Waals surface area contributed by atoms with E-state index in [1.807, 2.05) is 12.1 Å². The molecule has 1 heterocycles. The van der Waals surface area contributed by atoms with E-state index >= 15 is 0 Å². The van der Waals surface area contributed by atoms with Gasteiger partial charge >= 0.3 is 0 Å². The average Bonchev–Trinajstić information content (AvgIpc) is 2.21. The van der Waals surface area contributed by atoms with Crippen LogP contribution >= 0.6 is 0 Å². The predicted molar refractivity (Wildman–Crippen MR) is 53.7 cm³/mol. The molecule has 1 rings (SSSR count). The number of nitrogens with zero attached hydrogens (tertiary/aromatic N) is 1. The lowest BCUT2D eigenvalue weighted by atomic mass is 10.2. The highest BCUT2D eigenvalue weighted by Gasteiger charge is 2.12. The Morgan fingerprint density at radius 2 is 2.00 bits per heavy atom. The minimum absolute atomic E-state index is 0. The molecule has 0 saturated carbocycles. The highest BCUT2D eigenvalue weighted by Crippen LogP contribution is 2.14. The van der Waals surface area contributed by atoms with Crippen LogP contribution < -0.4 is 28.5 Å². The van der Waals surface area contributed by atoms with Crippen LogP contribution in [0, 0.1) is 0 Å². The molecule has 0 spiro atoms. The first-order valence-corrected chi connectivity index (χ1v) is 4.86. The molecular weight excluding hydrogens is 305 g/mol. The van der Waals surface area contributed by atoms with Gasteiger partial charge in [-0.3, -0.25) is 0 Å². The van der Waals surface area contributed by atoms with E-state index in [2.05, 4.69) is 23.9 Å². The Balaban J connectivity index is 0.00000196. The molecule has 86 valence electrons. The largest absolute Gasteiger partial charge is 1.00 e. The van der Waals surface area contributed by atoms with E-state index in [0.29, 0.717) is 0 Å². The molecule has 0 atom stereocenters. The summed E-state index contributed by atoms with van der Waals surface area (Å²) in [7, 11) is 3.29. The fourth-order valence-corrected chi connectivity index (χ4v) is 1.45. The zero-order valence-electron chi connectivity index (χ0n) is 9.44. The third-order valence-electron chi connectivity index (χ3n) is 2.06. The van der Waals surface area contributed by atoms with Crippen molar-refractivity contribution >= 4 is 0 Å². The summed E-state index contributed by atoms with van der Waals surface area (Å²) >= 11 is 0. The first-order valence-electron chi connectivity index (χ1n) is 4.86. The number of rotatable bonds is 5. The minimum atomic E-state index is -0.265. The predicted octanol–water partition coefficient (Wildman–Crippen LogP) is -1.32. The first-order chi connectivity index (χ1) is 6.81. The number of aromatic nitrogens is 1. The molecule has 1 aromatic rings. The van der Waals surface area contributed by atoms with Crippen LogP contribution in [0.25, 0.3) is 0 Å². The Bertz CT molecular complexity index is 277. The van der Waals surface area contributed by atoms with Gasteiger partial charge in [0.1, 0.15) is 6.54 Å². The number of halogens is 1. The van der Waals surface area contributed by atoms with Crippen molar-refractivity contribution in [1.29, 1.82) is 0 Å². The summed E-state index contributed by atoms with van der Waals surface area (Å²) in [4.78, 5) is 0. The molecule has 0 unspecified atom stereocenters. The monoisotopic (exact) mass is 323 g/mol. The summed E-state index contributed by atoms with van der Waals surface area (Å²) in [5.74, 6) is 0. The minimum Gasteiger partial charge on any atom is -1.00 e. The second kappa shape index (κ2) is 8.01. The molecule has 0 bridgehead atoms. The second-order valence-electron chi connectivity index (χ2n) is 3.18. The number of methoxy groups -OCH3 is 2. The Morgan fingerprint density at radius 3 is 2.53 bits per heavy atom. The van der Waals surface area contributed by atoms with Gasteiger partial charge in [0, 0.05) is 26.7 Å². The Hall–Kier alpha value is -0.200. The number of hydrogen-bond donors (Lipinski definition) is 0. The zero-order chi connectivity index (χ0) is 10.4. The summed E-state index contributed by atoms with van der Waals surface area (Å²) in [5.41, 5.74) is 1.05. The standard InChI is InChI=1S/C11H18NO2.HI/c1-4-7-12-8-5-6-10(9-12)11(13-2)14-3;/h5-6,8-9,11H,4,7H2,1-3H3;1H/q+1;/p-1. The van der Waals surface area contributed by atoms with E-state index in [9.17, 15) is 0 Å². The van der Waals surface area contributed by atoms with Gasteiger partial charge in [0.15, 0.2) is 18.7 Å². The van der Waals surface area contributed by atoms with Gasteiger partial charge in [-0.1, -0.05) is 6.92 Å². The molecule has 0 N–H and O–H groups in total. The SMILES string of the molecule is CCC[n+]1cccc(C(OC)OC)c1.[I-]. The van der Waals surface area contributed by atoms with Gasteiger partial charge in [0.25, 0.3) is 0 Å². The number of hydrogen-bond acceptors (Lipinski definition) is 2. The molecule has 15 heavy (non-hydrogen) atoms. The Kier molecular flexibility index (Phi) is 7.90. The van der Waals surface area contributed by atoms with Gasteiger partial charge < -0.3 is 33.5 Å². The van der Waals surface area contributed by atoms with Crippen molar-refractivity contribution in [2.24, 2.45) is 0 Å². The van der Waals surface area contributed by atoms with Crippen molar-refractivity contribution in [3.8, 4) is 0 Å². The van der Waals surface area contributed by atoms with Crippen LogP contribution in [0.4, 0.5) is 0 Å². The van der Waals surface area contributed by atoms with Crippen molar-refractivity contribution < 1.29 is 38.0 Å². The maximum Gasteiger partial charge on any atom is 0.188 e. The fourth-order valence-electron chi connectivity index (χ4n) is 1.45. The van der Waals surface area contributed by atoms with E-state index < -0.39 is 0 Å². The first kappa shape index (κ1) is 14.8. The zero-order valence-corrected chi connectivity index (χ0v) is 11.6. The van der Waals surface area contributed by atoms with Crippen molar-refractivity contribution in [3.05, 3.63) is 30.1 Å². The summed E-state index contributed by atoms with van der Waals surface area (Å²) in [6, 6.07) is 4.01. The van der Waals surface area contributed by atoms with Crippen molar-refractivity contribution in [2.75, 3.05) is 14.2 Å². The molecule has 0 aliphatic heterocycles. The maximum atomic E-state index is 5.18. The van der Waals surface area contributed by atoms with Gasteiger partial charge in [0.05, 0.1) is 5.56 Å². The molecule has 0 aromatic carbocycles. The van der Waals surface area contributed by atoms with Crippen molar-refractivity contribution in [3.63, 3.8) is 0 Å². The summed E-state index contributed by atoms with van der Waals surface area (Å²) in [5, 5.41) is 0. The molecule has 0 fully saturated rings. The van der Waals surface area contributed by atoms with Gasteiger partial charge in [-0.05, 0) is 6.07 Å². The third-order valence-corrected chi connectivity index (χ3v) is 2.06. The summed E-state index contributed by atoms with van der Waals surface area (Å²) in [6.45, 7) is 3.18. The summed E-state index contributed by atoms with van der Waals surface area (Å²) < 4.78 is 12.5. The molecule has 0 amide bonds. The van der Waals surface area contributed by atoms with E-state index in [1.54, 1.807) is 14.2 Å². The lowest BCUT2D eigenvalue weighted by molar-refractivity contribution is -0.697. The van der Waals surface area contributed by atoms with Crippen LogP contribution in [0.15, 0.2) is 24.5 Å². The fraction of sp³-hybridized carbons (Fsp3) is 0.545. The summed E-state index contributed by atoms with van der Waals surface area (Å²) in [6.07, 6.45) is 4.97. The maximum absolute atomic E-state index is 5.18. The van der Waals surface area contributed by atoms with Crippen molar-refractivity contribution in [1.82, 2.24) is 0 Å².